The van der Waals surface area contributed by atoms with Gasteiger partial charge in [-0.25, -0.2) is 13.0 Å². The normalized spacial score (nSPS) is 11.7. The Bertz CT molecular complexity index is 1260. The molecule has 4 rings (SSSR count). The van der Waals surface area contributed by atoms with Crippen molar-refractivity contribution in [3.05, 3.63) is 88.0 Å². The van der Waals surface area contributed by atoms with Gasteiger partial charge in [-0.2, -0.15) is 0 Å². The molecule has 0 aliphatic carbocycles. The molecule has 32 heavy (non-hydrogen) atoms. The van der Waals surface area contributed by atoms with E-state index >= 15 is 0 Å². The third-order valence-electron chi connectivity index (χ3n) is 4.25. The second-order valence-corrected chi connectivity index (χ2v) is 9.56. The molecule has 1 N–H and O–H groups in total. The molecule has 0 aliphatic heterocycles. The van der Waals surface area contributed by atoms with Crippen LogP contribution in [0.2, 0.25) is 5.02 Å². The number of hydrogen-bond donors (Lipinski definition) is 2. The molecule has 4 aromatic rings. The molecule has 0 bridgehead atoms. The fraction of sp³-hybridized carbons (Fsp3) is 0.0909. The van der Waals surface area contributed by atoms with Crippen LogP contribution in [-0.4, -0.2) is 22.0 Å². The zero-order chi connectivity index (χ0) is 23.3. The Morgan fingerprint density at radius 1 is 1.12 bits per heavy atom. The van der Waals surface area contributed by atoms with Crippen LogP contribution in [0, 0.1) is 11.6 Å². The fourth-order valence-electron chi connectivity index (χ4n) is 2.75. The zero-order valence-corrected chi connectivity index (χ0v) is 20.7. The molecule has 0 fully saturated rings. The summed E-state index contributed by atoms with van der Waals surface area (Å²) in [6.07, 6.45) is 1.77. The molecule has 1 atom stereocenters. The lowest BCUT2D eigenvalue weighted by Gasteiger charge is -2.06. The van der Waals surface area contributed by atoms with Crippen LogP contribution in [0.25, 0.3) is 10.9 Å². The van der Waals surface area contributed by atoms with Crippen molar-refractivity contribution in [3.8, 4) is 0 Å². The minimum absolute atomic E-state index is 0.0857. The van der Waals surface area contributed by atoms with E-state index in [2.05, 4.69) is 38.6 Å². The first kappa shape index (κ1) is 24.7. The first-order valence-electron chi connectivity index (χ1n) is 9.16. The van der Waals surface area contributed by atoms with Gasteiger partial charge < -0.3 is 10.1 Å². The first-order valence-corrected chi connectivity index (χ1v) is 11.9. The van der Waals surface area contributed by atoms with Crippen molar-refractivity contribution in [2.24, 2.45) is 0 Å². The first-order chi connectivity index (χ1) is 15.3. The van der Waals surface area contributed by atoms with Gasteiger partial charge in [-0.3, -0.25) is 3.97 Å². The van der Waals surface area contributed by atoms with Gasteiger partial charge >= 0.3 is 0 Å². The van der Waals surface area contributed by atoms with Crippen LogP contribution < -0.4 is 5.32 Å². The van der Waals surface area contributed by atoms with E-state index in [1.54, 1.807) is 22.3 Å². The molecule has 0 aliphatic rings. The van der Waals surface area contributed by atoms with Crippen LogP contribution >= 0.6 is 40.2 Å². The summed E-state index contributed by atoms with van der Waals surface area (Å²) in [6.45, 7) is 0.137. The number of nitrogens with one attached hydrogen (secondary N) is 1. The summed E-state index contributed by atoms with van der Waals surface area (Å²) < 4.78 is 45.0. The second-order valence-electron chi connectivity index (χ2n) is 6.42. The van der Waals surface area contributed by atoms with Crippen LogP contribution in [-0.2, 0) is 15.7 Å². The number of benzene rings is 3. The molecule has 1 aromatic heterocycles. The van der Waals surface area contributed by atoms with Crippen molar-refractivity contribution in [3.63, 3.8) is 0 Å². The molecule has 0 saturated heterocycles. The molecule has 1 heterocycles. The lowest BCUT2D eigenvalue weighted by molar-refractivity contribution is 0.221. The van der Waals surface area contributed by atoms with E-state index in [4.69, 9.17) is 11.6 Å². The van der Waals surface area contributed by atoms with Gasteiger partial charge in [-0.15, -0.1) is 12.6 Å². The SMILES string of the molecule is COCNc1cc(F)c(Br)cc1F.O=S(c1ccccc1)n1cc(S)c2ccc(Cl)cc21. The van der Waals surface area contributed by atoms with E-state index in [1.807, 2.05) is 36.4 Å². The standard InChI is InChI=1S/C14H10ClNOS2.C8H8BrF2NO/c15-10-6-7-12-13(8-10)16(9-14(12)18)19(17)11-4-2-1-3-5-11;1-13-4-12-8-3-6(10)5(9)2-7(8)11/h1-9,18H;2-3,12H,4H2,1H3. The predicted octanol–water partition coefficient (Wildman–Crippen LogP) is 6.90. The molecule has 168 valence electrons. The molecule has 0 spiro atoms. The average Bonchev–Trinajstić information content (AvgIpc) is 3.11. The number of ether oxygens (including phenoxy) is 1. The quantitative estimate of drug-likeness (QED) is 0.159. The lowest BCUT2D eigenvalue weighted by atomic mass is 10.2. The Labute approximate surface area is 205 Å². The van der Waals surface area contributed by atoms with Crippen LogP contribution in [0.1, 0.15) is 0 Å². The molecule has 0 amide bonds. The predicted molar refractivity (Wildman–Crippen MR) is 132 cm³/mol. The number of halogens is 4. The maximum atomic E-state index is 13.0. The van der Waals surface area contributed by atoms with E-state index in [0.29, 0.717) is 5.02 Å². The van der Waals surface area contributed by atoms with Crippen LogP contribution in [0.3, 0.4) is 0 Å². The number of aromatic nitrogens is 1. The number of rotatable bonds is 5. The average molecular weight is 560 g/mol. The zero-order valence-electron chi connectivity index (χ0n) is 16.7. The number of anilines is 1. The molecule has 0 radical (unpaired) electrons. The van der Waals surface area contributed by atoms with Crippen molar-refractivity contribution >= 4 is 67.7 Å². The summed E-state index contributed by atoms with van der Waals surface area (Å²) in [6, 6.07) is 16.9. The van der Waals surface area contributed by atoms with E-state index < -0.39 is 22.6 Å². The molecule has 10 heteroatoms. The maximum absolute atomic E-state index is 13.0. The third kappa shape index (κ3) is 5.90. The number of hydrogen-bond acceptors (Lipinski definition) is 4. The number of nitrogens with zero attached hydrogens (tertiary/aromatic N) is 1. The molecule has 4 nitrogen and oxygen atoms in total. The summed E-state index contributed by atoms with van der Waals surface area (Å²) >= 11 is 13.3. The van der Waals surface area contributed by atoms with Crippen molar-refractivity contribution in [2.75, 3.05) is 19.2 Å². The molecule has 1 unspecified atom stereocenters. The highest BCUT2D eigenvalue weighted by Gasteiger charge is 2.13. The minimum Gasteiger partial charge on any atom is -0.365 e. The summed E-state index contributed by atoms with van der Waals surface area (Å²) in [4.78, 5) is 1.53. The highest BCUT2D eigenvalue weighted by molar-refractivity contribution is 9.10. The van der Waals surface area contributed by atoms with Gasteiger partial charge in [0.2, 0.25) is 0 Å². The highest BCUT2D eigenvalue weighted by Crippen LogP contribution is 2.29. The number of methoxy groups -OCH3 is 1. The van der Waals surface area contributed by atoms with Crippen molar-refractivity contribution in [1.29, 1.82) is 0 Å². The van der Waals surface area contributed by atoms with E-state index in [9.17, 15) is 13.0 Å². The van der Waals surface area contributed by atoms with Crippen molar-refractivity contribution in [2.45, 2.75) is 9.79 Å². The van der Waals surface area contributed by atoms with E-state index in [1.165, 1.54) is 7.11 Å². The van der Waals surface area contributed by atoms with Crippen LogP contribution in [0.15, 0.2) is 81.1 Å². The Balaban J connectivity index is 0.000000195. The fourth-order valence-corrected chi connectivity index (χ4v) is 4.76. The summed E-state index contributed by atoms with van der Waals surface area (Å²) in [5.74, 6) is -1.04. The highest BCUT2D eigenvalue weighted by atomic mass is 79.9. The van der Waals surface area contributed by atoms with Gasteiger partial charge in [-0.05, 0) is 46.3 Å². The Kier molecular flexibility index (Phi) is 8.72. The smallest absolute Gasteiger partial charge is 0.157 e. The molecule has 0 saturated carbocycles. The Hall–Kier alpha value is -1.91. The van der Waals surface area contributed by atoms with Crippen LogP contribution in [0.5, 0.6) is 0 Å². The van der Waals surface area contributed by atoms with Gasteiger partial charge in [0.25, 0.3) is 0 Å². The summed E-state index contributed by atoms with van der Waals surface area (Å²) in [5.41, 5.74) is 0.905. The minimum atomic E-state index is -1.30. The monoisotopic (exact) mass is 558 g/mol. The molecule has 3 aromatic carbocycles. The van der Waals surface area contributed by atoms with Gasteiger partial charge in [0.05, 0.1) is 20.6 Å². The largest absolute Gasteiger partial charge is 0.365 e. The third-order valence-corrected chi connectivity index (χ3v) is 6.79. The van der Waals surface area contributed by atoms with E-state index in [0.717, 1.165) is 32.8 Å². The maximum Gasteiger partial charge on any atom is 0.157 e. The number of thiol groups is 1. The van der Waals surface area contributed by atoms with Crippen molar-refractivity contribution in [1.82, 2.24) is 3.97 Å². The Morgan fingerprint density at radius 3 is 2.53 bits per heavy atom. The van der Waals surface area contributed by atoms with Gasteiger partial charge in [0.1, 0.15) is 18.4 Å². The van der Waals surface area contributed by atoms with Crippen molar-refractivity contribution < 1.29 is 17.7 Å². The molecular formula is C22H18BrClF2N2O2S2. The molecular weight excluding hydrogens is 542 g/mol. The van der Waals surface area contributed by atoms with E-state index in [-0.39, 0.29) is 16.9 Å². The summed E-state index contributed by atoms with van der Waals surface area (Å²) in [7, 11) is 0.159. The van der Waals surface area contributed by atoms with Gasteiger partial charge in [0.15, 0.2) is 11.0 Å². The second kappa shape index (κ2) is 11.3. The Morgan fingerprint density at radius 2 is 1.84 bits per heavy atom. The van der Waals surface area contributed by atoms with Gasteiger partial charge in [0, 0.05) is 34.7 Å². The van der Waals surface area contributed by atoms with Crippen LogP contribution in [0.4, 0.5) is 14.5 Å². The summed E-state index contributed by atoms with van der Waals surface area (Å²) in [5, 5.41) is 4.13. The number of fused-ring (bicyclic) bond motifs is 1. The van der Waals surface area contributed by atoms with Gasteiger partial charge in [-0.1, -0.05) is 35.9 Å². The lowest BCUT2D eigenvalue weighted by Crippen LogP contribution is -2.05. The topological polar surface area (TPSA) is 43.3 Å².